The molecule has 0 radical (unpaired) electrons. The average molecular weight is 475 g/mol. The summed E-state index contributed by atoms with van der Waals surface area (Å²) < 4.78 is 37.1. The van der Waals surface area contributed by atoms with Crippen LogP contribution in [0.3, 0.4) is 0 Å². The Balaban J connectivity index is 1.43. The van der Waals surface area contributed by atoms with E-state index in [9.17, 15) is 22.7 Å². The van der Waals surface area contributed by atoms with E-state index in [2.05, 4.69) is 11.0 Å². The van der Waals surface area contributed by atoms with Crippen molar-refractivity contribution in [2.24, 2.45) is 0 Å². The molecule has 0 saturated carbocycles. The first-order valence-electron chi connectivity index (χ1n) is 11.4. The Kier molecular flexibility index (Phi) is 7.05. The lowest BCUT2D eigenvalue weighted by Crippen LogP contribution is -2.47. The molecule has 1 unspecified atom stereocenters. The van der Waals surface area contributed by atoms with Gasteiger partial charge in [-0.1, -0.05) is 24.3 Å². The van der Waals surface area contributed by atoms with E-state index in [4.69, 9.17) is 0 Å². The standard InChI is InChI=1S/C25H31FN2O4S/c1-33(31,32)17-25(30)27(16-18-4-2-6-21(26)12-18)10-11-28-22-8-9-23(28)14-20(13-22)19-5-3-7-24(29)15-19/h2-7,12,15,20,22-23,29H,8-11,13-14,16-17H2,1H3/t20?,22-,23+. The van der Waals surface area contributed by atoms with E-state index >= 15 is 0 Å². The highest BCUT2D eigenvalue weighted by atomic mass is 32.2. The number of fused-ring (bicyclic) bond motifs is 2. The van der Waals surface area contributed by atoms with Crippen molar-refractivity contribution in [1.82, 2.24) is 9.80 Å². The fourth-order valence-electron chi connectivity index (χ4n) is 5.39. The average Bonchev–Trinajstić information content (AvgIpc) is 2.97. The molecule has 0 spiro atoms. The van der Waals surface area contributed by atoms with Crippen molar-refractivity contribution in [1.29, 1.82) is 0 Å². The van der Waals surface area contributed by atoms with Gasteiger partial charge < -0.3 is 10.0 Å². The van der Waals surface area contributed by atoms with E-state index in [1.807, 2.05) is 12.1 Å². The van der Waals surface area contributed by atoms with E-state index in [1.165, 1.54) is 22.6 Å². The Morgan fingerprint density at radius 1 is 1.12 bits per heavy atom. The maximum atomic E-state index is 13.7. The van der Waals surface area contributed by atoms with Gasteiger partial charge in [-0.2, -0.15) is 0 Å². The highest BCUT2D eigenvalue weighted by Gasteiger charge is 2.41. The monoisotopic (exact) mass is 474 g/mol. The van der Waals surface area contributed by atoms with Crippen LogP contribution in [0.5, 0.6) is 5.75 Å². The van der Waals surface area contributed by atoms with Gasteiger partial charge in [-0.15, -0.1) is 0 Å². The summed E-state index contributed by atoms with van der Waals surface area (Å²) >= 11 is 0. The van der Waals surface area contributed by atoms with Gasteiger partial charge in [0.1, 0.15) is 17.3 Å². The zero-order valence-electron chi connectivity index (χ0n) is 18.9. The lowest BCUT2D eigenvalue weighted by atomic mass is 9.85. The van der Waals surface area contributed by atoms with E-state index in [0.717, 1.165) is 31.9 Å². The molecule has 33 heavy (non-hydrogen) atoms. The molecular formula is C25H31FN2O4S. The first-order chi connectivity index (χ1) is 15.7. The number of piperidine rings is 1. The van der Waals surface area contributed by atoms with Gasteiger partial charge in [0.15, 0.2) is 9.84 Å². The van der Waals surface area contributed by atoms with E-state index in [-0.39, 0.29) is 12.4 Å². The van der Waals surface area contributed by atoms with Crippen molar-refractivity contribution in [2.45, 2.75) is 50.2 Å². The molecule has 2 aliphatic heterocycles. The van der Waals surface area contributed by atoms with Gasteiger partial charge in [0.25, 0.3) is 0 Å². The first-order valence-corrected chi connectivity index (χ1v) is 13.5. The lowest BCUT2D eigenvalue weighted by molar-refractivity contribution is -0.129. The predicted molar refractivity (Wildman–Crippen MR) is 125 cm³/mol. The highest BCUT2D eigenvalue weighted by Crippen LogP contribution is 2.43. The third kappa shape index (κ3) is 6.12. The van der Waals surface area contributed by atoms with Crippen molar-refractivity contribution in [3.63, 3.8) is 0 Å². The van der Waals surface area contributed by atoms with Crippen LogP contribution in [0.15, 0.2) is 48.5 Å². The number of carbonyl (C=O) groups is 1. The number of benzene rings is 2. The van der Waals surface area contributed by atoms with Gasteiger partial charge in [-0.05, 0) is 67.0 Å². The van der Waals surface area contributed by atoms with Crippen LogP contribution in [0.25, 0.3) is 0 Å². The molecule has 2 aliphatic rings. The van der Waals surface area contributed by atoms with Crippen LogP contribution in [0, 0.1) is 5.82 Å². The number of sulfone groups is 1. The number of hydrogen-bond acceptors (Lipinski definition) is 5. The number of hydrogen-bond donors (Lipinski definition) is 1. The highest BCUT2D eigenvalue weighted by molar-refractivity contribution is 7.91. The molecule has 1 amide bonds. The summed E-state index contributed by atoms with van der Waals surface area (Å²) in [6, 6.07) is 14.4. The van der Waals surface area contributed by atoms with Gasteiger partial charge in [0.05, 0.1) is 0 Å². The Bertz CT molecular complexity index is 1090. The third-order valence-electron chi connectivity index (χ3n) is 6.85. The SMILES string of the molecule is CS(=O)(=O)CC(=O)N(CCN1[C@@H]2CC[C@H]1CC(c1cccc(O)c1)C2)Cc1cccc(F)c1. The molecule has 2 bridgehead atoms. The smallest absolute Gasteiger partial charge is 0.238 e. The van der Waals surface area contributed by atoms with Crippen molar-refractivity contribution in [3.05, 3.63) is 65.5 Å². The molecule has 4 rings (SSSR count). The molecule has 0 aliphatic carbocycles. The number of rotatable bonds is 8. The number of amides is 1. The summed E-state index contributed by atoms with van der Waals surface area (Å²) in [5, 5.41) is 9.85. The quantitative estimate of drug-likeness (QED) is 0.635. The van der Waals surface area contributed by atoms with Crippen LogP contribution in [-0.4, -0.2) is 66.4 Å². The topological polar surface area (TPSA) is 77.9 Å². The van der Waals surface area contributed by atoms with Crippen molar-refractivity contribution in [2.75, 3.05) is 25.1 Å². The second-order valence-corrected chi connectivity index (χ2v) is 11.5. The van der Waals surface area contributed by atoms with E-state index < -0.39 is 21.5 Å². The fourth-order valence-corrected chi connectivity index (χ4v) is 6.02. The van der Waals surface area contributed by atoms with Crippen LogP contribution in [-0.2, 0) is 21.2 Å². The number of aromatic hydroxyl groups is 1. The van der Waals surface area contributed by atoms with Crippen LogP contribution in [0.4, 0.5) is 4.39 Å². The molecule has 8 heteroatoms. The zero-order chi connectivity index (χ0) is 23.6. The molecule has 178 valence electrons. The zero-order valence-corrected chi connectivity index (χ0v) is 19.7. The molecule has 2 aromatic rings. The van der Waals surface area contributed by atoms with Crippen LogP contribution in [0.1, 0.15) is 42.7 Å². The van der Waals surface area contributed by atoms with E-state index in [0.29, 0.717) is 42.4 Å². The van der Waals surface area contributed by atoms with Crippen molar-refractivity contribution < 1.29 is 22.7 Å². The third-order valence-corrected chi connectivity index (χ3v) is 7.63. The van der Waals surface area contributed by atoms with Gasteiger partial charge in [0.2, 0.25) is 5.91 Å². The molecule has 0 aromatic heterocycles. The summed E-state index contributed by atoms with van der Waals surface area (Å²) in [4.78, 5) is 16.8. The minimum Gasteiger partial charge on any atom is -0.508 e. The number of carbonyl (C=O) groups excluding carboxylic acids is 1. The molecule has 6 nitrogen and oxygen atoms in total. The minimum atomic E-state index is -3.46. The van der Waals surface area contributed by atoms with Gasteiger partial charge in [0, 0.05) is 38.0 Å². The van der Waals surface area contributed by atoms with Crippen molar-refractivity contribution in [3.8, 4) is 5.75 Å². The van der Waals surface area contributed by atoms with Gasteiger partial charge in [-0.3, -0.25) is 9.69 Å². The molecule has 2 aromatic carbocycles. The van der Waals surface area contributed by atoms with Gasteiger partial charge >= 0.3 is 0 Å². The molecule has 2 heterocycles. The number of phenolic OH excluding ortho intramolecular Hbond substituents is 1. The van der Waals surface area contributed by atoms with Crippen LogP contribution < -0.4 is 0 Å². The molecular weight excluding hydrogens is 443 g/mol. The summed E-state index contributed by atoms with van der Waals surface area (Å²) in [6.45, 7) is 1.24. The summed E-state index contributed by atoms with van der Waals surface area (Å²) in [5.74, 6) is -0.686. The Morgan fingerprint density at radius 2 is 1.82 bits per heavy atom. The Hall–Kier alpha value is -2.45. The number of halogens is 1. The lowest BCUT2D eigenvalue weighted by Gasteiger charge is -2.40. The second-order valence-electron chi connectivity index (χ2n) is 9.40. The summed E-state index contributed by atoms with van der Waals surface area (Å²) in [7, 11) is -3.46. The van der Waals surface area contributed by atoms with Crippen LogP contribution in [0.2, 0.25) is 0 Å². The number of nitrogens with zero attached hydrogens (tertiary/aromatic N) is 2. The normalized spacial score (nSPS) is 22.9. The first kappa shape index (κ1) is 23.7. The minimum absolute atomic E-state index is 0.182. The Morgan fingerprint density at radius 3 is 2.45 bits per heavy atom. The van der Waals surface area contributed by atoms with E-state index in [1.54, 1.807) is 18.2 Å². The molecule has 3 atom stereocenters. The second kappa shape index (κ2) is 9.81. The molecule has 1 N–H and O–H groups in total. The fraction of sp³-hybridized carbons (Fsp3) is 0.480. The maximum Gasteiger partial charge on any atom is 0.238 e. The molecule has 2 saturated heterocycles. The van der Waals surface area contributed by atoms with Gasteiger partial charge in [-0.25, -0.2) is 12.8 Å². The Labute approximate surface area is 194 Å². The van der Waals surface area contributed by atoms with Crippen molar-refractivity contribution >= 4 is 15.7 Å². The largest absolute Gasteiger partial charge is 0.508 e. The predicted octanol–water partition coefficient (Wildman–Crippen LogP) is 3.32. The maximum absolute atomic E-state index is 13.7. The summed E-state index contributed by atoms with van der Waals surface area (Å²) in [6.07, 6.45) is 5.25. The van der Waals surface area contributed by atoms with Crippen LogP contribution >= 0.6 is 0 Å². The summed E-state index contributed by atoms with van der Waals surface area (Å²) in [5.41, 5.74) is 1.81. The molecule has 2 fully saturated rings. The number of phenols is 1.